The number of benzene rings is 2. The molecule has 0 radical (unpaired) electrons. The average molecular weight is 382 g/mol. The zero-order valence-electron chi connectivity index (χ0n) is 15.6. The molecule has 1 heterocycles. The summed E-state index contributed by atoms with van der Waals surface area (Å²) >= 11 is 0. The zero-order chi connectivity index (χ0) is 20.6. The van der Waals surface area contributed by atoms with Crippen molar-refractivity contribution in [3.8, 4) is 0 Å². The van der Waals surface area contributed by atoms with Crippen LogP contribution in [0.15, 0.2) is 42.5 Å². The summed E-state index contributed by atoms with van der Waals surface area (Å²) < 4.78 is 5.07. The summed E-state index contributed by atoms with van der Waals surface area (Å²) in [6.45, 7) is 4.92. The minimum Gasteiger partial charge on any atom is -0.440 e. The third-order valence-electron chi connectivity index (χ3n) is 4.44. The van der Waals surface area contributed by atoms with Crippen LogP contribution in [-0.4, -0.2) is 34.3 Å². The van der Waals surface area contributed by atoms with E-state index in [4.69, 9.17) is 4.74 Å². The number of nitro groups is 1. The van der Waals surface area contributed by atoms with Gasteiger partial charge in [-0.2, -0.15) is 0 Å². The predicted molar refractivity (Wildman–Crippen MR) is 99.0 cm³/mol. The number of amides is 2. The van der Waals surface area contributed by atoms with E-state index in [2.05, 4.69) is 0 Å². The Kier molecular flexibility index (Phi) is 4.72. The molecule has 2 aromatic carbocycles. The third-order valence-corrected chi connectivity index (χ3v) is 4.44. The molecule has 144 valence electrons. The minimum atomic E-state index is -0.861. The first kappa shape index (κ1) is 19.2. The number of hydrogen-bond acceptors (Lipinski definition) is 6. The molecule has 0 N–H and O–H groups in total. The normalized spacial score (nSPS) is 13.5. The van der Waals surface area contributed by atoms with Gasteiger partial charge in [-0.1, -0.05) is 39.0 Å². The average Bonchev–Trinajstić information content (AvgIpc) is 2.89. The largest absolute Gasteiger partial charge is 0.440 e. The van der Waals surface area contributed by atoms with Crippen LogP contribution < -0.4 is 0 Å². The summed E-state index contributed by atoms with van der Waals surface area (Å²) in [6, 6.07) is 10.4. The Labute approximate surface area is 160 Å². The van der Waals surface area contributed by atoms with Gasteiger partial charge in [0.2, 0.25) is 0 Å². The second kappa shape index (κ2) is 6.88. The fraction of sp³-hybridized carbons (Fsp3) is 0.250. The highest BCUT2D eigenvalue weighted by molar-refractivity contribution is 6.21. The van der Waals surface area contributed by atoms with Gasteiger partial charge in [-0.15, -0.1) is 0 Å². The summed E-state index contributed by atoms with van der Waals surface area (Å²) in [5.41, 5.74) is 0.265. The van der Waals surface area contributed by atoms with E-state index in [1.165, 1.54) is 24.3 Å². The van der Waals surface area contributed by atoms with E-state index in [9.17, 15) is 24.5 Å². The van der Waals surface area contributed by atoms with Crippen molar-refractivity contribution in [1.82, 2.24) is 4.90 Å². The molecule has 8 nitrogen and oxygen atoms in total. The molecule has 0 aromatic heterocycles. The molecule has 0 atom stereocenters. The quantitative estimate of drug-likeness (QED) is 0.348. The molecule has 1 aliphatic rings. The fourth-order valence-electron chi connectivity index (χ4n) is 3.01. The Morgan fingerprint density at radius 3 is 2.14 bits per heavy atom. The van der Waals surface area contributed by atoms with Crippen molar-refractivity contribution in [3.63, 3.8) is 0 Å². The lowest BCUT2D eigenvalue weighted by atomic mass is 9.85. The zero-order valence-corrected chi connectivity index (χ0v) is 15.6. The molecule has 0 unspecified atom stereocenters. The van der Waals surface area contributed by atoms with Gasteiger partial charge in [0.25, 0.3) is 17.5 Å². The first-order valence-corrected chi connectivity index (χ1v) is 8.52. The molecule has 28 heavy (non-hydrogen) atoms. The molecular weight excluding hydrogens is 364 g/mol. The van der Waals surface area contributed by atoms with Crippen molar-refractivity contribution in [1.29, 1.82) is 0 Å². The highest BCUT2D eigenvalue weighted by atomic mass is 16.6. The number of rotatable bonds is 4. The van der Waals surface area contributed by atoms with Gasteiger partial charge in [-0.3, -0.25) is 19.7 Å². The third kappa shape index (κ3) is 3.36. The molecule has 0 saturated heterocycles. The Hall–Kier alpha value is -3.55. The van der Waals surface area contributed by atoms with Gasteiger partial charge in [0.05, 0.1) is 21.6 Å². The number of nitro benzene ring substituents is 1. The first-order chi connectivity index (χ1) is 13.1. The summed E-state index contributed by atoms with van der Waals surface area (Å²) in [5, 5.41) is 11.4. The van der Waals surface area contributed by atoms with Gasteiger partial charge in [0, 0.05) is 11.6 Å². The number of carbonyl (C=O) groups excluding carboxylic acids is 3. The van der Waals surface area contributed by atoms with Crippen molar-refractivity contribution in [2.45, 2.75) is 26.2 Å². The number of hydrogen-bond donors (Lipinski definition) is 0. The molecule has 0 spiro atoms. The molecule has 3 rings (SSSR count). The van der Waals surface area contributed by atoms with E-state index in [-0.39, 0.29) is 22.4 Å². The maximum absolute atomic E-state index is 12.3. The SMILES string of the molecule is CC(C)(C)c1ccc(C(=O)OCN2C(=O)c3ccccc3C2=O)cc1[N+](=O)[O-]. The van der Waals surface area contributed by atoms with Crippen molar-refractivity contribution >= 4 is 23.5 Å². The van der Waals surface area contributed by atoms with Gasteiger partial charge in [-0.25, -0.2) is 9.69 Å². The molecule has 8 heteroatoms. The van der Waals surface area contributed by atoms with Crippen molar-refractivity contribution < 1.29 is 24.0 Å². The van der Waals surface area contributed by atoms with E-state index in [0.717, 1.165) is 11.0 Å². The Morgan fingerprint density at radius 2 is 1.64 bits per heavy atom. The van der Waals surface area contributed by atoms with Crippen LogP contribution in [0.1, 0.15) is 57.4 Å². The standard InChI is InChI=1S/C20H18N2O6/c1-20(2,3)15-9-8-12(10-16(15)22(26)27)19(25)28-11-21-17(23)13-6-4-5-7-14(13)18(21)24/h4-10H,11H2,1-3H3. The second-order valence-corrected chi connectivity index (χ2v) is 7.38. The highest BCUT2D eigenvalue weighted by Gasteiger charge is 2.36. The smallest absolute Gasteiger partial charge is 0.340 e. The summed E-state index contributed by atoms with van der Waals surface area (Å²) in [7, 11) is 0. The maximum Gasteiger partial charge on any atom is 0.340 e. The van der Waals surface area contributed by atoms with E-state index in [0.29, 0.717) is 5.56 Å². The van der Waals surface area contributed by atoms with Crippen molar-refractivity contribution in [3.05, 3.63) is 74.8 Å². The van der Waals surface area contributed by atoms with Crippen molar-refractivity contribution in [2.24, 2.45) is 0 Å². The molecule has 0 aliphatic carbocycles. The Balaban J connectivity index is 1.78. The molecule has 0 saturated carbocycles. The minimum absolute atomic E-state index is 0.0312. The number of esters is 1. The van der Waals surface area contributed by atoms with E-state index in [1.807, 2.05) is 20.8 Å². The fourth-order valence-corrected chi connectivity index (χ4v) is 3.01. The van der Waals surface area contributed by atoms with E-state index >= 15 is 0 Å². The molecule has 2 amide bonds. The summed E-state index contributed by atoms with van der Waals surface area (Å²) in [5.74, 6) is -1.97. The summed E-state index contributed by atoms with van der Waals surface area (Å²) in [6.07, 6.45) is 0. The van der Waals surface area contributed by atoms with Crippen LogP contribution in [0, 0.1) is 10.1 Å². The van der Waals surface area contributed by atoms with Crippen LogP contribution >= 0.6 is 0 Å². The van der Waals surface area contributed by atoms with Gasteiger partial charge in [0.15, 0.2) is 6.73 Å². The van der Waals surface area contributed by atoms with Gasteiger partial charge >= 0.3 is 5.97 Å². The van der Waals surface area contributed by atoms with Gasteiger partial charge < -0.3 is 4.74 Å². The topological polar surface area (TPSA) is 107 Å². The number of imide groups is 1. The van der Waals surface area contributed by atoms with Crippen LogP contribution in [0.3, 0.4) is 0 Å². The predicted octanol–water partition coefficient (Wildman–Crippen LogP) is 3.30. The molecule has 2 aromatic rings. The number of carbonyl (C=O) groups is 3. The van der Waals surface area contributed by atoms with Crippen LogP contribution in [0.25, 0.3) is 0 Å². The molecular formula is C20H18N2O6. The first-order valence-electron chi connectivity index (χ1n) is 8.52. The highest BCUT2D eigenvalue weighted by Crippen LogP contribution is 2.32. The lowest BCUT2D eigenvalue weighted by Gasteiger charge is -2.19. The van der Waals surface area contributed by atoms with Crippen LogP contribution in [0.5, 0.6) is 0 Å². The van der Waals surface area contributed by atoms with Crippen LogP contribution in [0.4, 0.5) is 5.69 Å². The van der Waals surface area contributed by atoms with Crippen LogP contribution in [0.2, 0.25) is 0 Å². The number of fused-ring (bicyclic) bond motifs is 1. The van der Waals surface area contributed by atoms with E-state index < -0.39 is 34.9 Å². The van der Waals surface area contributed by atoms with Crippen molar-refractivity contribution in [2.75, 3.05) is 6.73 Å². The summed E-state index contributed by atoms with van der Waals surface area (Å²) in [4.78, 5) is 48.5. The lowest BCUT2D eigenvalue weighted by molar-refractivity contribution is -0.386. The Bertz CT molecular complexity index is 971. The number of nitrogens with zero attached hydrogens (tertiary/aromatic N) is 2. The van der Waals surface area contributed by atoms with Gasteiger partial charge in [0.1, 0.15) is 0 Å². The monoisotopic (exact) mass is 382 g/mol. The molecule has 0 fully saturated rings. The molecule has 1 aliphatic heterocycles. The lowest BCUT2D eigenvalue weighted by Crippen LogP contribution is -2.33. The van der Waals surface area contributed by atoms with Gasteiger partial charge in [-0.05, 0) is 23.6 Å². The maximum atomic E-state index is 12.3. The Morgan fingerprint density at radius 1 is 1.07 bits per heavy atom. The van der Waals surface area contributed by atoms with Crippen LogP contribution in [-0.2, 0) is 10.2 Å². The van der Waals surface area contributed by atoms with E-state index in [1.54, 1.807) is 12.1 Å². The second-order valence-electron chi connectivity index (χ2n) is 7.38. The number of ether oxygens (including phenoxy) is 1. The molecule has 0 bridgehead atoms.